The molecule has 1 N–H and O–H groups in total. The van der Waals surface area contributed by atoms with Crippen molar-refractivity contribution in [1.29, 1.82) is 0 Å². The molecule has 8 heteroatoms. The molecule has 0 saturated carbocycles. The van der Waals surface area contributed by atoms with Gasteiger partial charge in [0.1, 0.15) is 6.54 Å². The number of anilines is 1. The van der Waals surface area contributed by atoms with Gasteiger partial charge in [-0.25, -0.2) is 0 Å². The molecule has 0 spiro atoms. The quantitative estimate of drug-likeness (QED) is 0.693. The van der Waals surface area contributed by atoms with Crippen molar-refractivity contribution >= 4 is 23.4 Å². The second-order valence-electron chi connectivity index (χ2n) is 5.24. The van der Waals surface area contributed by atoms with Gasteiger partial charge in [-0.2, -0.15) is 5.10 Å². The van der Waals surface area contributed by atoms with Gasteiger partial charge in [0.25, 0.3) is 5.22 Å². The number of benzene rings is 1. The molecule has 24 heavy (non-hydrogen) atoms. The summed E-state index contributed by atoms with van der Waals surface area (Å²) in [5.41, 5.74) is 2.84. The molecule has 0 aliphatic heterocycles. The van der Waals surface area contributed by atoms with Crippen molar-refractivity contribution in [3.05, 3.63) is 53.7 Å². The first kappa shape index (κ1) is 16.3. The fourth-order valence-electron chi connectivity index (χ4n) is 2.08. The third kappa shape index (κ3) is 4.02. The molecule has 0 aliphatic rings. The number of rotatable bonds is 6. The number of aromatic nitrogens is 4. The maximum absolute atomic E-state index is 12.0. The largest absolute Gasteiger partial charge is 0.414 e. The summed E-state index contributed by atoms with van der Waals surface area (Å²) in [5.74, 6) is 0.553. The summed E-state index contributed by atoms with van der Waals surface area (Å²) in [6.07, 6.45) is 1.72. The molecule has 1 aromatic carbocycles. The number of aryl methyl sites for hydroxylation is 2. The predicted octanol–water partition coefficient (Wildman–Crippen LogP) is 2.66. The average molecular weight is 343 g/mol. The fraction of sp³-hybridized carbons (Fsp3) is 0.250. The normalized spacial score (nSPS) is 10.8. The number of amides is 1. The molecule has 3 aromatic rings. The molecule has 0 unspecified atom stereocenters. The molecular weight excluding hydrogens is 326 g/mol. The van der Waals surface area contributed by atoms with Crippen LogP contribution in [0.15, 0.2) is 46.2 Å². The maximum atomic E-state index is 12.0. The lowest BCUT2D eigenvalue weighted by atomic mass is 10.2. The van der Waals surface area contributed by atoms with E-state index < -0.39 is 0 Å². The Kier molecular flexibility index (Phi) is 4.95. The molecule has 0 atom stereocenters. The zero-order chi connectivity index (χ0) is 16.9. The van der Waals surface area contributed by atoms with Gasteiger partial charge in [-0.15, -0.1) is 10.2 Å². The smallest absolute Gasteiger partial charge is 0.277 e. The summed E-state index contributed by atoms with van der Waals surface area (Å²) < 4.78 is 7.31. The molecule has 0 fully saturated rings. The SMILES string of the molecule is Cc1ccccc1NC(=O)CSc1nnc(Cn2nccc2C)o1. The van der Waals surface area contributed by atoms with Crippen molar-refractivity contribution in [1.82, 2.24) is 20.0 Å². The van der Waals surface area contributed by atoms with E-state index in [0.29, 0.717) is 17.7 Å². The van der Waals surface area contributed by atoms with Crippen LogP contribution in [0.3, 0.4) is 0 Å². The van der Waals surface area contributed by atoms with Crippen molar-refractivity contribution in [2.24, 2.45) is 0 Å². The second-order valence-corrected chi connectivity index (χ2v) is 6.17. The van der Waals surface area contributed by atoms with Crippen LogP contribution < -0.4 is 5.32 Å². The Morgan fingerprint density at radius 3 is 2.83 bits per heavy atom. The van der Waals surface area contributed by atoms with Gasteiger partial charge >= 0.3 is 0 Å². The van der Waals surface area contributed by atoms with Gasteiger partial charge < -0.3 is 9.73 Å². The lowest BCUT2D eigenvalue weighted by Crippen LogP contribution is -2.14. The minimum Gasteiger partial charge on any atom is -0.414 e. The summed E-state index contributed by atoms with van der Waals surface area (Å²) in [6.45, 7) is 4.32. The molecule has 0 radical (unpaired) electrons. The molecule has 0 aliphatic carbocycles. The van der Waals surface area contributed by atoms with Crippen molar-refractivity contribution in [2.45, 2.75) is 25.6 Å². The van der Waals surface area contributed by atoms with Gasteiger partial charge in [0.15, 0.2) is 0 Å². The monoisotopic (exact) mass is 343 g/mol. The third-order valence-electron chi connectivity index (χ3n) is 3.41. The molecule has 1 amide bonds. The first-order valence-corrected chi connectivity index (χ1v) is 8.39. The zero-order valence-corrected chi connectivity index (χ0v) is 14.2. The number of para-hydroxylation sites is 1. The van der Waals surface area contributed by atoms with Gasteiger partial charge in [-0.05, 0) is 31.5 Å². The summed E-state index contributed by atoms with van der Waals surface area (Å²) >= 11 is 1.21. The zero-order valence-electron chi connectivity index (χ0n) is 13.4. The Labute approximate surface area is 143 Å². The van der Waals surface area contributed by atoms with E-state index in [1.807, 2.05) is 44.2 Å². The van der Waals surface area contributed by atoms with Crippen LogP contribution in [-0.4, -0.2) is 31.6 Å². The Bertz CT molecular complexity index is 842. The predicted molar refractivity (Wildman–Crippen MR) is 90.9 cm³/mol. The molecule has 0 bridgehead atoms. The van der Waals surface area contributed by atoms with E-state index in [1.54, 1.807) is 10.9 Å². The lowest BCUT2D eigenvalue weighted by Gasteiger charge is -2.06. The van der Waals surface area contributed by atoms with E-state index in [4.69, 9.17) is 4.42 Å². The maximum Gasteiger partial charge on any atom is 0.277 e. The fourth-order valence-corrected chi connectivity index (χ4v) is 2.66. The van der Waals surface area contributed by atoms with Crippen molar-refractivity contribution < 1.29 is 9.21 Å². The number of nitrogens with zero attached hydrogens (tertiary/aromatic N) is 4. The Morgan fingerprint density at radius 2 is 2.08 bits per heavy atom. The number of nitrogens with one attached hydrogen (secondary N) is 1. The van der Waals surface area contributed by atoms with E-state index >= 15 is 0 Å². The number of hydrogen-bond donors (Lipinski definition) is 1. The highest BCUT2D eigenvalue weighted by Crippen LogP contribution is 2.18. The van der Waals surface area contributed by atoms with Crippen LogP contribution in [0.1, 0.15) is 17.1 Å². The standard InChI is InChI=1S/C16H17N5O2S/c1-11-5-3-4-6-13(11)18-14(22)10-24-16-20-19-15(23-16)9-21-12(2)7-8-17-21/h3-8H,9-10H2,1-2H3,(H,18,22). The summed E-state index contributed by atoms with van der Waals surface area (Å²) in [5, 5.41) is 15.3. The Hall–Kier alpha value is -2.61. The van der Waals surface area contributed by atoms with Crippen LogP contribution in [0.25, 0.3) is 0 Å². The Balaban J connectivity index is 1.53. The summed E-state index contributed by atoms with van der Waals surface area (Å²) in [7, 11) is 0. The highest BCUT2D eigenvalue weighted by atomic mass is 32.2. The van der Waals surface area contributed by atoms with Crippen LogP contribution in [0.5, 0.6) is 0 Å². The van der Waals surface area contributed by atoms with Crippen LogP contribution in [0.2, 0.25) is 0 Å². The highest BCUT2D eigenvalue weighted by Gasteiger charge is 2.11. The topological polar surface area (TPSA) is 85.8 Å². The minimum atomic E-state index is -0.114. The molecule has 7 nitrogen and oxygen atoms in total. The van der Waals surface area contributed by atoms with E-state index in [9.17, 15) is 4.79 Å². The van der Waals surface area contributed by atoms with Crippen LogP contribution in [0, 0.1) is 13.8 Å². The molecule has 2 heterocycles. The van der Waals surface area contributed by atoms with Crippen molar-refractivity contribution in [3.63, 3.8) is 0 Å². The van der Waals surface area contributed by atoms with Gasteiger partial charge in [-0.3, -0.25) is 9.48 Å². The van der Waals surface area contributed by atoms with E-state index in [2.05, 4.69) is 20.6 Å². The number of thioether (sulfide) groups is 1. The first-order valence-electron chi connectivity index (χ1n) is 7.41. The molecule has 3 rings (SSSR count). The van der Waals surface area contributed by atoms with Crippen LogP contribution in [-0.2, 0) is 11.3 Å². The lowest BCUT2D eigenvalue weighted by molar-refractivity contribution is -0.113. The molecule has 124 valence electrons. The van der Waals surface area contributed by atoms with Crippen LogP contribution in [0.4, 0.5) is 5.69 Å². The third-order valence-corrected chi connectivity index (χ3v) is 4.23. The van der Waals surface area contributed by atoms with Crippen LogP contribution >= 0.6 is 11.8 Å². The summed E-state index contributed by atoms with van der Waals surface area (Å²) in [4.78, 5) is 12.0. The molecular formula is C16H17N5O2S. The van der Waals surface area contributed by atoms with E-state index in [0.717, 1.165) is 16.9 Å². The van der Waals surface area contributed by atoms with Gasteiger partial charge in [0.2, 0.25) is 11.8 Å². The van der Waals surface area contributed by atoms with E-state index in [-0.39, 0.29) is 11.7 Å². The van der Waals surface area contributed by atoms with E-state index in [1.165, 1.54) is 11.8 Å². The van der Waals surface area contributed by atoms with Gasteiger partial charge in [0, 0.05) is 17.6 Å². The second kappa shape index (κ2) is 7.31. The molecule has 0 saturated heterocycles. The number of carbonyl (C=O) groups excluding carboxylic acids is 1. The van der Waals surface area contributed by atoms with Crippen molar-refractivity contribution in [2.75, 3.05) is 11.1 Å². The highest BCUT2D eigenvalue weighted by molar-refractivity contribution is 7.99. The van der Waals surface area contributed by atoms with Gasteiger partial charge in [0.05, 0.1) is 5.75 Å². The first-order chi connectivity index (χ1) is 11.6. The Morgan fingerprint density at radius 1 is 1.25 bits per heavy atom. The average Bonchev–Trinajstić information content (AvgIpc) is 3.18. The number of carbonyl (C=O) groups is 1. The molecule has 2 aromatic heterocycles. The summed E-state index contributed by atoms with van der Waals surface area (Å²) in [6, 6.07) is 9.54. The van der Waals surface area contributed by atoms with Gasteiger partial charge in [-0.1, -0.05) is 30.0 Å². The minimum absolute atomic E-state index is 0.114. The number of hydrogen-bond acceptors (Lipinski definition) is 6. The van der Waals surface area contributed by atoms with Crippen molar-refractivity contribution in [3.8, 4) is 0 Å².